The maximum Gasteiger partial charge on any atom is 0.261 e. The number of rotatable bonds is 4. The summed E-state index contributed by atoms with van der Waals surface area (Å²) in [5, 5.41) is 1.63. The highest BCUT2D eigenvalue weighted by molar-refractivity contribution is 7.92. The molecular weight excluding hydrogens is 426 g/mol. The number of anilines is 2. The first-order chi connectivity index (χ1) is 13.7. The molecule has 5 nitrogen and oxygen atoms in total. The quantitative estimate of drug-likeness (QED) is 0.428. The van der Waals surface area contributed by atoms with Gasteiger partial charge in [0.2, 0.25) is 0 Å². The molecule has 4 rings (SSSR count). The van der Waals surface area contributed by atoms with Gasteiger partial charge in [0.25, 0.3) is 10.0 Å². The first-order valence-electron chi connectivity index (χ1n) is 8.79. The van der Waals surface area contributed by atoms with Gasteiger partial charge in [-0.15, -0.1) is 0 Å². The predicted octanol–water partition coefficient (Wildman–Crippen LogP) is 5.62. The number of thiophene rings is 1. The number of hydrogen-bond acceptors (Lipinski definition) is 5. The number of nitrogens with two attached hydrogens (primary N) is 1. The van der Waals surface area contributed by atoms with E-state index in [0.29, 0.717) is 31.6 Å². The summed E-state index contributed by atoms with van der Waals surface area (Å²) in [6.07, 6.45) is 0. The fourth-order valence-corrected chi connectivity index (χ4v) is 5.64. The van der Waals surface area contributed by atoms with Gasteiger partial charge in [0.1, 0.15) is 4.83 Å². The maximum absolute atomic E-state index is 13.0. The number of nitrogens with zero attached hydrogens (tertiary/aromatic N) is 1. The number of aromatic nitrogens is 1. The molecule has 29 heavy (non-hydrogen) atoms. The number of pyridine rings is 1. The second-order valence-corrected chi connectivity index (χ2v) is 9.91. The van der Waals surface area contributed by atoms with Crippen molar-refractivity contribution in [2.45, 2.75) is 18.7 Å². The van der Waals surface area contributed by atoms with Crippen LogP contribution in [0.25, 0.3) is 21.3 Å². The summed E-state index contributed by atoms with van der Waals surface area (Å²) < 4.78 is 28.7. The molecule has 0 unspecified atom stereocenters. The summed E-state index contributed by atoms with van der Waals surface area (Å²) in [6, 6.07) is 15.8. The molecule has 3 N–H and O–H groups in total. The van der Waals surface area contributed by atoms with Crippen LogP contribution in [0.3, 0.4) is 0 Å². The fourth-order valence-electron chi connectivity index (χ4n) is 3.24. The standard InChI is InChI=1S/C21H18ClN3O2S2/c1-12-5-3-6-14(9-12)18-19-17(10-13(2)24-21(19)28-20(18)23)25-29(26,27)16-8-4-7-15(22)11-16/h3-11H,23H2,1-2H3,(H,24,25). The smallest absolute Gasteiger partial charge is 0.261 e. The molecular formula is C21H18ClN3O2S2. The highest BCUT2D eigenvalue weighted by Gasteiger charge is 2.21. The highest BCUT2D eigenvalue weighted by atomic mass is 35.5. The molecule has 0 fully saturated rings. The van der Waals surface area contributed by atoms with Crippen molar-refractivity contribution in [1.29, 1.82) is 0 Å². The van der Waals surface area contributed by atoms with Crippen molar-refractivity contribution in [2.24, 2.45) is 0 Å². The van der Waals surface area contributed by atoms with Crippen molar-refractivity contribution in [2.75, 3.05) is 10.5 Å². The van der Waals surface area contributed by atoms with Crippen LogP contribution >= 0.6 is 22.9 Å². The first kappa shape index (κ1) is 19.7. The molecule has 8 heteroatoms. The number of nitrogen functional groups attached to an aromatic ring is 1. The number of aryl methyl sites for hydroxylation is 2. The summed E-state index contributed by atoms with van der Waals surface area (Å²) in [4.78, 5) is 5.34. The van der Waals surface area contributed by atoms with Crippen LogP contribution in [0.4, 0.5) is 10.7 Å². The number of nitrogens with one attached hydrogen (secondary N) is 1. The molecule has 0 aliphatic rings. The van der Waals surface area contributed by atoms with Gasteiger partial charge in [0.05, 0.1) is 15.6 Å². The third-order valence-corrected chi connectivity index (χ3v) is 6.99. The van der Waals surface area contributed by atoms with Crippen molar-refractivity contribution in [3.8, 4) is 11.1 Å². The lowest BCUT2D eigenvalue weighted by Crippen LogP contribution is -2.13. The Balaban J connectivity index is 1.93. The minimum atomic E-state index is -3.84. The molecule has 0 aliphatic carbocycles. The van der Waals surface area contributed by atoms with Crippen LogP contribution < -0.4 is 10.5 Å². The average Bonchev–Trinajstić information content (AvgIpc) is 2.97. The summed E-state index contributed by atoms with van der Waals surface area (Å²) in [5.41, 5.74) is 10.3. The van der Waals surface area contributed by atoms with E-state index in [1.165, 1.54) is 23.5 Å². The van der Waals surface area contributed by atoms with Crippen LogP contribution in [0.1, 0.15) is 11.3 Å². The van der Waals surface area contributed by atoms with E-state index < -0.39 is 10.0 Å². The Morgan fingerprint density at radius 2 is 1.83 bits per heavy atom. The third kappa shape index (κ3) is 3.81. The van der Waals surface area contributed by atoms with Crippen molar-refractivity contribution < 1.29 is 8.42 Å². The molecule has 0 saturated carbocycles. The number of benzene rings is 2. The minimum Gasteiger partial charge on any atom is -0.390 e. The second kappa shape index (κ2) is 7.33. The first-order valence-corrected chi connectivity index (χ1v) is 11.5. The summed E-state index contributed by atoms with van der Waals surface area (Å²) in [7, 11) is -3.84. The van der Waals surface area contributed by atoms with Crippen LogP contribution in [0.15, 0.2) is 59.5 Å². The van der Waals surface area contributed by atoms with E-state index in [1.54, 1.807) is 18.2 Å². The van der Waals surface area contributed by atoms with Crippen LogP contribution in [-0.2, 0) is 10.0 Å². The van der Waals surface area contributed by atoms with Gasteiger partial charge in [-0.3, -0.25) is 4.72 Å². The van der Waals surface area contributed by atoms with E-state index >= 15 is 0 Å². The van der Waals surface area contributed by atoms with Gasteiger partial charge >= 0.3 is 0 Å². The molecule has 4 aromatic rings. The van der Waals surface area contributed by atoms with E-state index in [2.05, 4.69) is 9.71 Å². The summed E-state index contributed by atoms with van der Waals surface area (Å²) in [5.74, 6) is 0. The Labute approximate surface area is 178 Å². The molecule has 0 bridgehead atoms. The van der Waals surface area contributed by atoms with Crippen molar-refractivity contribution in [3.05, 3.63) is 70.9 Å². The Morgan fingerprint density at radius 1 is 1.07 bits per heavy atom. The van der Waals surface area contributed by atoms with Crippen LogP contribution in [0.2, 0.25) is 5.02 Å². The molecule has 0 amide bonds. The lowest BCUT2D eigenvalue weighted by Gasteiger charge is -2.12. The molecule has 148 valence electrons. The molecule has 0 saturated heterocycles. The van der Waals surface area contributed by atoms with E-state index in [-0.39, 0.29) is 4.90 Å². The zero-order valence-electron chi connectivity index (χ0n) is 15.7. The van der Waals surface area contributed by atoms with E-state index in [0.717, 1.165) is 16.7 Å². The van der Waals surface area contributed by atoms with Crippen LogP contribution in [0, 0.1) is 13.8 Å². The molecule has 0 radical (unpaired) electrons. The lowest BCUT2D eigenvalue weighted by atomic mass is 10.0. The van der Waals surface area contributed by atoms with Gasteiger partial charge in [-0.05, 0) is 43.7 Å². The van der Waals surface area contributed by atoms with Crippen molar-refractivity contribution in [3.63, 3.8) is 0 Å². The van der Waals surface area contributed by atoms with Crippen molar-refractivity contribution >= 4 is 53.9 Å². The third-order valence-electron chi connectivity index (χ3n) is 4.47. The molecule has 0 atom stereocenters. The SMILES string of the molecule is Cc1cccc(-c2c(N)sc3nc(C)cc(NS(=O)(=O)c4cccc(Cl)c4)c23)c1. The number of hydrogen-bond donors (Lipinski definition) is 2. The summed E-state index contributed by atoms with van der Waals surface area (Å²) in [6.45, 7) is 3.82. The largest absolute Gasteiger partial charge is 0.390 e. The second-order valence-electron chi connectivity index (χ2n) is 6.77. The zero-order chi connectivity index (χ0) is 20.8. The lowest BCUT2D eigenvalue weighted by molar-refractivity contribution is 0.601. The molecule has 2 heterocycles. The Bertz CT molecular complexity index is 1350. The monoisotopic (exact) mass is 443 g/mol. The number of sulfonamides is 1. The van der Waals surface area contributed by atoms with E-state index in [9.17, 15) is 8.42 Å². The van der Waals surface area contributed by atoms with Gasteiger partial charge in [-0.2, -0.15) is 0 Å². The van der Waals surface area contributed by atoms with Crippen LogP contribution in [-0.4, -0.2) is 13.4 Å². The zero-order valence-corrected chi connectivity index (χ0v) is 18.1. The normalized spacial score (nSPS) is 11.7. The minimum absolute atomic E-state index is 0.0907. The predicted molar refractivity (Wildman–Crippen MR) is 121 cm³/mol. The highest BCUT2D eigenvalue weighted by Crippen LogP contribution is 2.44. The Kier molecular flexibility index (Phi) is 4.98. The van der Waals surface area contributed by atoms with Gasteiger partial charge in [-0.1, -0.05) is 58.8 Å². The van der Waals surface area contributed by atoms with Gasteiger partial charge < -0.3 is 5.73 Å². The van der Waals surface area contributed by atoms with Gasteiger partial charge in [0, 0.05) is 21.7 Å². The fraction of sp³-hybridized carbons (Fsp3) is 0.0952. The van der Waals surface area contributed by atoms with Gasteiger partial charge in [-0.25, -0.2) is 13.4 Å². The Morgan fingerprint density at radius 3 is 2.55 bits per heavy atom. The van der Waals surface area contributed by atoms with Crippen LogP contribution in [0.5, 0.6) is 0 Å². The molecule has 0 aliphatic heterocycles. The molecule has 2 aromatic heterocycles. The number of fused-ring (bicyclic) bond motifs is 1. The topological polar surface area (TPSA) is 85.1 Å². The van der Waals surface area contributed by atoms with E-state index in [4.69, 9.17) is 17.3 Å². The summed E-state index contributed by atoms with van der Waals surface area (Å²) >= 11 is 7.32. The van der Waals surface area contributed by atoms with Crippen molar-refractivity contribution in [1.82, 2.24) is 4.98 Å². The van der Waals surface area contributed by atoms with Gasteiger partial charge in [0.15, 0.2) is 0 Å². The maximum atomic E-state index is 13.0. The average molecular weight is 444 g/mol. The Hall–Kier alpha value is -2.61. The number of halogens is 1. The van der Waals surface area contributed by atoms with E-state index in [1.807, 2.05) is 38.1 Å². The molecule has 0 spiro atoms. The molecule has 2 aromatic carbocycles.